The van der Waals surface area contributed by atoms with E-state index in [0.29, 0.717) is 0 Å². The average molecular weight is 891 g/mol. The maximum atomic E-state index is 2.46. The van der Waals surface area contributed by atoms with Crippen LogP contribution in [-0.4, -0.2) is 4.57 Å². The molecule has 0 fully saturated rings. The van der Waals surface area contributed by atoms with E-state index in [1.807, 2.05) is 0 Å². The van der Waals surface area contributed by atoms with Crippen LogP contribution in [0.4, 0.5) is 17.1 Å². The lowest BCUT2D eigenvalue weighted by atomic mass is 9.94. The number of rotatable bonds is 9. The Kier molecular flexibility index (Phi) is 10.2. The van der Waals surface area contributed by atoms with Gasteiger partial charge in [-0.05, 0) is 127 Å². The molecule has 0 saturated carbocycles. The second-order valence-corrected chi connectivity index (χ2v) is 18.1. The minimum Gasteiger partial charge on any atom is -0.310 e. The zero-order chi connectivity index (χ0) is 46.4. The highest BCUT2D eigenvalue weighted by atomic mass is 15.1. The number of aromatic nitrogens is 1. The fourth-order valence-electron chi connectivity index (χ4n) is 10.6. The molecule has 0 aliphatic heterocycles. The molecule has 13 rings (SSSR count). The third kappa shape index (κ3) is 7.31. The van der Waals surface area contributed by atoms with Gasteiger partial charge in [-0.1, -0.05) is 218 Å². The summed E-state index contributed by atoms with van der Waals surface area (Å²) >= 11 is 0. The summed E-state index contributed by atoms with van der Waals surface area (Å²) in [5.74, 6) is 0. The Balaban J connectivity index is 0.956. The molecule has 0 radical (unpaired) electrons. The van der Waals surface area contributed by atoms with Crippen molar-refractivity contribution < 1.29 is 0 Å². The summed E-state index contributed by atoms with van der Waals surface area (Å²) in [6.45, 7) is 0. The van der Waals surface area contributed by atoms with E-state index in [1.54, 1.807) is 0 Å². The fraction of sp³-hybridized carbons (Fsp3) is 0. The number of para-hydroxylation sites is 2. The minimum absolute atomic E-state index is 1.07. The molecule has 0 aliphatic carbocycles. The Bertz CT molecular complexity index is 4030. The molecule has 0 atom stereocenters. The van der Waals surface area contributed by atoms with Crippen LogP contribution in [0, 0.1) is 0 Å². The monoisotopic (exact) mass is 890 g/mol. The van der Waals surface area contributed by atoms with E-state index in [-0.39, 0.29) is 0 Å². The normalized spacial score (nSPS) is 11.4. The lowest BCUT2D eigenvalue weighted by Crippen LogP contribution is -2.11. The van der Waals surface area contributed by atoms with Crippen molar-refractivity contribution in [3.63, 3.8) is 0 Å². The van der Waals surface area contributed by atoms with E-state index in [1.165, 1.54) is 71.2 Å². The fourth-order valence-corrected chi connectivity index (χ4v) is 10.6. The summed E-state index contributed by atoms with van der Waals surface area (Å²) in [6.07, 6.45) is 0. The molecular weight excluding hydrogens is 845 g/mol. The second kappa shape index (κ2) is 17.4. The highest BCUT2D eigenvalue weighted by molar-refractivity contribution is 6.14. The highest BCUT2D eigenvalue weighted by Gasteiger charge is 2.22. The van der Waals surface area contributed by atoms with Gasteiger partial charge in [0.15, 0.2) is 0 Å². The summed E-state index contributed by atoms with van der Waals surface area (Å²) in [5.41, 5.74) is 18.5. The van der Waals surface area contributed by atoms with Gasteiger partial charge in [-0.15, -0.1) is 0 Å². The number of benzene rings is 12. The standard InChI is InChI=1S/C68H46N2/c1-3-17-47(18-4-1)53-25-15-26-58(43-53)69(57-40-37-49(38-41-57)48-33-35-52(36-34-48)60-30-16-24-50-21-9-10-27-59(50)60)67-42-39-56(45-63(67)51-19-5-2-6-20-51)61-28-11-13-31-65(61)70-66-32-14-12-29-62(66)64-44-54-22-7-8-23-55(54)46-68(64)70/h1-46H. The van der Waals surface area contributed by atoms with E-state index >= 15 is 0 Å². The Morgan fingerprint density at radius 3 is 1.56 bits per heavy atom. The number of fused-ring (bicyclic) bond motifs is 5. The van der Waals surface area contributed by atoms with Crippen LogP contribution < -0.4 is 4.90 Å². The highest BCUT2D eigenvalue weighted by Crippen LogP contribution is 2.46. The van der Waals surface area contributed by atoms with Crippen molar-refractivity contribution in [2.24, 2.45) is 0 Å². The van der Waals surface area contributed by atoms with Crippen molar-refractivity contribution in [1.29, 1.82) is 0 Å². The maximum Gasteiger partial charge on any atom is 0.0547 e. The largest absolute Gasteiger partial charge is 0.310 e. The van der Waals surface area contributed by atoms with Crippen LogP contribution in [-0.2, 0) is 0 Å². The minimum atomic E-state index is 1.07. The average Bonchev–Trinajstić information content (AvgIpc) is 3.76. The maximum absolute atomic E-state index is 2.46. The molecule has 0 saturated heterocycles. The smallest absolute Gasteiger partial charge is 0.0547 e. The number of hydrogen-bond acceptors (Lipinski definition) is 1. The van der Waals surface area contributed by atoms with Crippen LogP contribution in [0.1, 0.15) is 0 Å². The Morgan fingerprint density at radius 2 is 0.771 bits per heavy atom. The van der Waals surface area contributed by atoms with E-state index in [9.17, 15) is 0 Å². The molecule has 0 spiro atoms. The van der Waals surface area contributed by atoms with Crippen molar-refractivity contribution in [1.82, 2.24) is 4.57 Å². The van der Waals surface area contributed by atoms with E-state index < -0.39 is 0 Å². The van der Waals surface area contributed by atoms with Gasteiger partial charge in [-0.3, -0.25) is 0 Å². The van der Waals surface area contributed by atoms with E-state index in [4.69, 9.17) is 0 Å². The third-order valence-corrected chi connectivity index (χ3v) is 14.0. The molecule has 2 nitrogen and oxygen atoms in total. The number of hydrogen-bond donors (Lipinski definition) is 0. The summed E-state index contributed by atoms with van der Waals surface area (Å²) in [5, 5.41) is 7.49. The Hall–Kier alpha value is -9.24. The summed E-state index contributed by atoms with van der Waals surface area (Å²) in [6, 6.07) is 102. The van der Waals surface area contributed by atoms with Gasteiger partial charge in [0.1, 0.15) is 0 Å². The number of nitrogens with zero attached hydrogens (tertiary/aromatic N) is 2. The SMILES string of the molecule is c1ccc(-c2cccc(N(c3ccc(-c4ccc(-c5cccc6ccccc56)cc4)cc3)c3ccc(-c4ccccc4-n4c5ccccc5c5cc6ccccc6cc54)cc3-c3ccccc3)c2)cc1. The third-order valence-electron chi connectivity index (χ3n) is 14.0. The summed E-state index contributed by atoms with van der Waals surface area (Å²) < 4.78 is 2.46. The van der Waals surface area contributed by atoms with Crippen LogP contribution in [0.15, 0.2) is 279 Å². The first-order chi connectivity index (χ1) is 34.7. The van der Waals surface area contributed by atoms with Gasteiger partial charge in [0.25, 0.3) is 0 Å². The lowest BCUT2D eigenvalue weighted by Gasteiger charge is -2.29. The lowest BCUT2D eigenvalue weighted by molar-refractivity contribution is 1.18. The molecular formula is C68H46N2. The van der Waals surface area contributed by atoms with Gasteiger partial charge < -0.3 is 9.47 Å². The number of anilines is 3. The molecule has 12 aromatic carbocycles. The van der Waals surface area contributed by atoms with Crippen LogP contribution in [0.3, 0.4) is 0 Å². The predicted molar refractivity (Wildman–Crippen MR) is 298 cm³/mol. The molecule has 0 amide bonds. The first kappa shape index (κ1) is 41.0. The van der Waals surface area contributed by atoms with Crippen molar-refractivity contribution in [2.45, 2.75) is 0 Å². The molecule has 0 unspecified atom stereocenters. The van der Waals surface area contributed by atoms with Crippen LogP contribution >= 0.6 is 0 Å². The van der Waals surface area contributed by atoms with Crippen LogP contribution in [0.5, 0.6) is 0 Å². The first-order valence-electron chi connectivity index (χ1n) is 24.1. The second-order valence-electron chi connectivity index (χ2n) is 18.1. The van der Waals surface area contributed by atoms with E-state index in [2.05, 4.69) is 289 Å². The van der Waals surface area contributed by atoms with Crippen molar-refractivity contribution in [2.75, 3.05) is 4.90 Å². The molecule has 13 aromatic rings. The van der Waals surface area contributed by atoms with Gasteiger partial charge in [0.2, 0.25) is 0 Å². The van der Waals surface area contributed by atoms with Gasteiger partial charge in [0, 0.05) is 33.3 Å². The summed E-state index contributed by atoms with van der Waals surface area (Å²) in [7, 11) is 0. The quantitative estimate of drug-likeness (QED) is 0.140. The molecule has 0 aliphatic rings. The van der Waals surface area contributed by atoms with Crippen LogP contribution in [0.2, 0.25) is 0 Å². The molecule has 2 heteroatoms. The Morgan fingerprint density at radius 1 is 0.243 bits per heavy atom. The van der Waals surface area contributed by atoms with Crippen molar-refractivity contribution >= 4 is 60.4 Å². The van der Waals surface area contributed by atoms with Gasteiger partial charge >= 0.3 is 0 Å². The van der Waals surface area contributed by atoms with Crippen molar-refractivity contribution in [3.05, 3.63) is 279 Å². The first-order valence-corrected chi connectivity index (χ1v) is 24.1. The molecule has 328 valence electrons. The Labute approximate surface area is 408 Å². The molecule has 0 bridgehead atoms. The van der Waals surface area contributed by atoms with Gasteiger partial charge in [-0.2, -0.15) is 0 Å². The topological polar surface area (TPSA) is 8.17 Å². The molecule has 70 heavy (non-hydrogen) atoms. The zero-order valence-corrected chi connectivity index (χ0v) is 38.5. The molecule has 0 N–H and O–H groups in total. The van der Waals surface area contributed by atoms with E-state index in [0.717, 1.165) is 50.6 Å². The van der Waals surface area contributed by atoms with Crippen molar-refractivity contribution in [3.8, 4) is 61.3 Å². The van der Waals surface area contributed by atoms with Gasteiger partial charge in [0.05, 0.1) is 22.4 Å². The summed E-state index contributed by atoms with van der Waals surface area (Å²) in [4.78, 5) is 2.43. The van der Waals surface area contributed by atoms with Gasteiger partial charge in [-0.25, -0.2) is 0 Å². The predicted octanol–water partition coefficient (Wildman–Crippen LogP) is 18.9. The molecule has 1 aromatic heterocycles. The molecule has 1 heterocycles. The zero-order valence-electron chi connectivity index (χ0n) is 38.5. The van der Waals surface area contributed by atoms with Crippen LogP contribution in [0.25, 0.3) is 105 Å².